The van der Waals surface area contributed by atoms with Crippen LogP contribution in [0.25, 0.3) is 16.5 Å². The first-order chi connectivity index (χ1) is 17.0. The van der Waals surface area contributed by atoms with Gasteiger partial charge in [-0.05, 0) is 40.6 Å². The molecule has 1 aliphatic rings. The average molecular weight is 466 g/mol. The van der Waals surface area contributed by atoms with Gasteiger partial charge in [0.2, 0.25) is 0 Å². The molecule has 35 heavy (non-hydrogen) atoms. The molecule has 6 nitrogen and oxygen atoms in total. The Morgan fingerprint density at radius 1 is 0.800 bits per heavy atom. The topological polar surface area (TPSA) is 76.1 Å². The number of aliphatic hydroxyl groups excluding tert-OH is 1. The maximum Gasteiger partial charge on any atom is 0.300 e. The molecule has 6 heteroatoms. The Balaban J connectivity index is 1.80. The highest BCUT2D eigenvalue weighted by atomic mass is 16.5. The molecule has 0 bridgehead atoms. The van der Waals surface area contributed by atoms with Crippen molar-refractivity contribution < 1.29 is 24.2 Å². The molecule has 0 saturated carbocycles. The first-order valence-corrected chi connectivity index (χ1v) is 11.1. The number of fused-ring (bicyclic) bond motifs is 1. The van der Waals surface area contributed by atoms with Gasteiger partial charge in [-0.25, -0.2) is 0 Å². The van der Waals surface area contributed by atoms with Crippen LogP contribution in [0.1, 0.15) is 17.2 Å². The molecule has 4 aromatic rings. The first-order valence-electron chi connectivity index (χ1n) is 11.1. The lowest BCUT2D eigenvalue weighted by Crippen LogP contribution is -2.29. The minimum absolute atomic E-state index is 0.0161. The van der Waals surface area contributed by atoms with Crippen LogP contribution in [0.4, 0.5) is 5.69 Å². The number of amides is 1. The molecule has 1 saturated heterocycles. The number of Topliss-reactive ketones (excluding diaryl/α,β-unsaturated/α-hetero) is 1. The van der Waals surface area contributed by atoms with Crippen LogP contribution >= 0.6 is 0 Å². The van der Waals surface area contributed by atoms with Gasteiger partial charge in [-0.3, -0.25) is 14.5 Å². The van der Waals surface area contributed by atoms with Gasteiger partial charge in [0.05, 0.1) is 25.8 Å². The molecule has 1 aliphatic heterocycles. The minimum atomic E-state index is -0.848. The number of ketones is 1. The summed E-state index contributed by atoms with van der Waals surface area (Å²) in [4.78, 5) is 28.3. The lowest BCUT2D eigenvalue weighted by molar-refractivity contribution is -0.132. The highest BCUT2D eigenvalue weighted by Gasteiger charge is 2.47. The number of carbonyl (C=O) groups is 2. The second-order valence-corrected chi connectivity index (χ2v) is 8.17. The molecule has 0 aromatic heterocycles. The van der Waals surface area contributed by atoms with E-state index in [-0.39, 0.29) is 11.3 Å². The van der Waals surface area contributed by atoms with Crippen LogP contribution in [0.15, 0.2) is 96.6 Å². The Bertz CT molecular complexity index is 1480. The Kier molecular flexibility index (Phi) is 5.71. The fraction of sp³-hybridized carbons (Fsp3) is 0.103. The second-order valence-electron chi connectivity index (χ2n) is 8.17. The number of hydrogen-bond donors (Lipinski definition) is 1. The van der Waals surface area contributed by atoms with Crippen molar-refractivity contribution >= 4 is 33.9 Å². The molecule has 0 spiro atoms. The van der Waals surface area contributed by atoms with E-state index in [2.05, 4.69) is 0 Å². The number of hydrogen-bond acceptors (Lipinski definition) is 5. The highest BCUT2D eigenvalue weighted by molar-refractivity contribution is 6.52. The molecule has 0 radical (unpaired) electrons. The van der Waals surface area contributed by atoms with Crippen LogP contribution in [0.3, 0.4) is 0 Å². The van der Waals surface area contributed by atoms with E-state index in [0.29, 0.717) is 22.7 Å². The Morgan fingerprint density at radius 2 is 1.46 bits per heavy atom. The summed E-state index contributed by atoms with van der Waals surface area (Å²) in [5, 5.41) is 13.2. The van der Waals surface area contributed by atoms with Gasteiger partial charge in [0.1, 0.15) is 17.3 Å². The second kappa shape index (κ2) is 8.99. The van der Waals surface area contributed by atoms with Gasteiger partial charge >= 0.3 is 0 Å². The molecule has 1 heterocycles. The van der Waals surface area contributed by atoms with Crippen molar-refractivity contribution in [2.24, 2.45) is 0 Å². The zero-order valence-electron chi connectivity index (χ0n) is 19.3. The maximum atomic E-state index is 13.5. The third-order valence-corrected chi connectivity index (χ3v) is 6.24. The van der Waals surface area contributed by atoms with Gasteiger partial charge in [0.15, 0.2) is 0 Å². The number of carbonyl (C=O) groups excluding carboxylic acids is 2. The van der Waals surface area contributed by atoms with Crippen molar-refractivity contribution in [3.63, 3.8) is 0 Å². The van der Waals surface area contributed by atoms with Crippen molar-refractivity contribution in [2.45, 2.75) is 6.04 Å². The van der Waals surface area contributed by atoms with Gasteiger partial charge in [0.25, 0.3) is 11.7 Å². The maximum absolute atomic E-state index is 13.5. The summed E-state index contributed by atoms with van der Waals surface area (Å²) in [6.45, 7) is 0. The zero-order valence-corrected chi connectivity index (χ0v) is 19.3. The SMILES string of the molecule is COc1cccc(/C(O)=C2/C(=O)C(=O)N(c3cccc(OC)c3)C2c2cccc3ccccc23)c1. The van der Waals surface area contributed by atoms with E-state index >= 15 is 0 Å². The van der Waals surface area contributed by atoms with Crippen LogP contribution in [0.2, 0.25) is 0 Å². The van der Waals surface area contributed by atoms with Gasteiger partial charge in [-0.15, -0.1) is 0 Å². The fourth-order valence-electron chi connectivity index (χ4n) is 4.57. The quantitative estimate of drug-likeness (QED) is 0.240. The Labute approximate surface area is 202 Å². The highest BCUT2D eigenvalue weighted by Crippen LogP contribution is 2.44. The number of ether oxygens (including phenoxy) is 2. The monoisotopic (exact) mass is 465 g/mol. The smallest absolute Gasteiger partial charge is 0.300 e. The Hall–Kier alpha value is -4.58. The normalized spacial score (nSPS) is 17.1. The predicted octanol–water partition coefficient (Wildman–Crippen LogP) is 5.48. The summed E-state index contributed by atoms with van der Waals surface area (Å²) in [5.41, 5.74) is 1.63. The lowest BCUT2D eigenvalue weighted by atomic mass is 9.91. The van der Waals surface area contributed by atoms with E-state index in [4.69, 9.17) is 9.47 Å². The lowest BCUT2D eigenvalue weighted by Gasteiger charge is -2.26. The molecule has 1 amide bonds. The van der Waals surface area contributed by atoms with Crippen LogP contribution in [-0.2, 0) is 9.59 Å². The Morgan fingerprint density at radius 3 is 2.23 bits per heavy atom. The van der Waals surface area contributed by atoms with E-state index in [9.17, 15) is 14.7 Å². The third kappa shape index (κ3) is 3.79. The van der Waals surface area contributed by atoms with Crippen LogP contribution < -0.4 is 14.4 Å². The molecule has 1 unspecified atom stereocenters. The van der Waals surface area contributed by atoms with E-state index in [1.165, 1.54) is 19.1 Å². The molecular formula is C29H23NO5. The summed E-state index contributed by atoms with van der Waals surface area (Å²) in [5.74, 6) is -0.663. The van der Waals surface area contributed by atoms with Crippen molar-refractivity contribution in [1.29, 1.82) is 0 Å². The van der Waals surface area contributed by atoms with Crippen molar-refractivity contribution in [1.82, 2.24) is 0 Å². The summed E-state index contributed by atoms with van der Waals surface area (Å²) in [6, 6.07) is 26.4. The number of anilines is 1. The van der Waals surface area contributed by atoms with E-state index in [1.54, 1.807) is 48.5 Å². The summed E-state index contributed by atoms with van der Waals surface area (Å²) in [6.07, 6.45) is 0. The zero-order chi connectivity index (χ0) is 24.5. The van der Waals surface area contributed by atoms with Gasteiger partial charge in [0, 0.05) is 17.3 Å². The number of nitrogens with zero attached hydrogens (tertiary/aromatic N) is 1. The van der Waals surface area contributed by atoms with Gasteiger partial charge < -0.3 is 14.6 Å². The van der Waals surface area contributed by atoms with Crippen molar-refractivity contribution in [3.8, 4) is 11.5 Å². The van der Waals surface area contributed by atoms with Crippen LogP contribution in [0, 0.1) is 0 Å². The minimum Gasteiger partial charge on any atom is -0.507 e. The van der Waals surface area contributed by atoms with Crippen LogP contribution in [0.5, 0.6) is 11.5 Å². The van der Waals surface area contributed by atoms with E-state index < -0.39 is 17.7 Å². The fourth-order valence-corrected chi connectivity index (χ4v) is 4.57. The number of aliphatic hydroxyl groups is 1. The van der Waals surface area contributed by atoms with Gasteiger partial charge in [-0.2, -0.15) is 0 Å². The summed E-state index contributed by atoms with van der Waals surface area (Å²) < 4.78 is 10.6. The number of rotatable bonds is 5. The first kappa shape index (κ1) is 22.2. The average Bonchev–Trinajstić information content (AvgIpc) is 3.17. The van der Waals surface area contributed by atoms with Crippen molar-refractivity contribution in [2.75, 3.05) is 19.1 Å². The molecule has 1 atom stereocenters. The largest absolute Gasteiger partial charge is 0.507 e. The molecule has 174 valence electrons. The third-order valence-electron chi connectivity index (χ3n) is 6.24. The summed E-state index contributed by atoms with van der Waals surface area (Å²) >= 11 is 0. The summed E-state index contributed by atoms with van der Waals surface area (Å²) in [7, 11) is 3.06. The standard InChI is InChI=1S/C29H23NO5/c1-34-21-12-5-10-19(16-21)27(31)25-26(24-15-6-9-18-8-3-4-14-23(18)24)30(29(33)28(25)32)20-11-7-13-22(17-20)35-2/h3-17,26,31H,1-2H3/b27-25-. The van der Waals surface area contributed by atoms with Crippen molar-refractivity contribution in [3.05, 3.63) is 108 Å². The number of methoxy groups -OCH3 is 2. The predicted molar refractivity (Wildman–Crippen MR) is 135 cm³/mol. The molecule has 1 N–H and O–H groups in total. The molecule has 5 rings (SSSR count). The van der Waals surface area contributed by atoms with Crippen LogP contribution in [-0.4, -0.2) is 31.0 Å². The molecule has 4 aromatic carbocycles. The van der Waals surface area contributed by atoms with Gasteiger partial charge in [-0.1, -0.05) is 60.7 Å². The van der Waals surface area contributed by atoms with E-state index in [1.807, 2.05) is 42.5 Å². The molecule has 0 aliphatic carbocycles. The molecule has 1 fully saturated rings. The molecular weight excluding hydrogens is 442 g/mol. The number of benzene rings is 4. The van der Waals surface area contributed by atoms with E-state index in [0.717, 1.165) is 16.3 Å².